The van der Waals surface area contributed by atoms with Gasteiger partial charge >= 0.3 is 0 Å². The second kappa shape index (κ2) is 8.95. The van der Waals surface area contributed by atoms with Crippen molar-refractivity contribution in [3.8, 4) is 22.5 Å². The first-order valence-corrected chi connectivity index (χ1v) is 11.8. The van der Waals surface area contributed by atoms with E-state index in [-0.39, 0.29) is 0 Å². The van der Waals surface area contributed by atoms with E-state index in [0.717, 1.165) is 33.4 Å². The highest BCUT2D eigenvalue weighted by Crippen LogP contribution is 2.22. The third-order valence-corrected chi connectivity index (χ3v) is 6.65. The van der Waals surface area contributed by atoms with E-state index in [1.54, 1.807) is 0 Å². The summed E-state index contributed by atoms with van der Waals surface area (Å²) in [6.45, 7) is 0. The molecule has 0 amide bonds. The van der Waals surface area contributed by atoms with Crippen LogP contribution in [0.15, 0.2) is 146 Å². The van der Waals surface area contributed by atoms with Crippen LogP contribution in [0.5, 0.6) is 0 Å². The van der Waals surface area contributed by atoms with Crippen LogP contribution in [0.1, 0.15) is 0 Å². The summed E-state index contributed by atoms with van der Waals surface area (Å²) in [7, 11) is 0. The van der Waals surface area contributed by atoms with E-state index in [0.29, 0.717) is 0 Å². The number of hydrogen-bond acceptors (Lipinski definition) is 2. The Morgan fingerprint density at radius 3 is 1.11 bits per heavy atom. The Labute approximate surface area is 205 Å². The van der Waals surface area contributed by atoms with Crippen LogP contribution >= 0.6 is 0 Å². The first-order chi connectivity index (χ1) is 17.4. The maximum Gasteiger partial charge on any atom is 0.279 e. The van der Waals surface area contributed by atoms with Gasteiger partial charge in [0.1, 0.15) is 0 Å². The number of hydrogen-bond donors (Lipinski definition) is 0. The van der Waals surface area contributed by atoms with E-state index in [9.17, 15) is 0 Å². The molecule has 4 nitrogen and oxygen atoms in total. The maximum absolute atomic E-state index is 5.15. The monoisotopic (exact) mass is 451 g/mol. The second-order valence-corrected chi connectivity index (χ2v) is 8.69. The molecule has 2 heterocycles. The number of aromatic nitrogens is 4. The van der Waals surface area contributed by atoms with Gasteiger partial charge in [-0.1, -0.05) is 121 Å². The molecular formula is C30H24BN4-. The number of nitrogens with zero attached hydrogens (tertiary/aromatic N) is 4. The minimum Gasteiger partial charge on any atom is -0.412 e. The van der Waals surface area contributed by atoms with Crippen LogP contribution in [0.4, 0.5) is 0 Å². The van der Waals surface area contributed by atoms with Gasteiger partial charge in [0.05, 0.1) is 11.4 Å². The average Bonchev–Trinajstić information content (AvgIpc) is 3.63. The molecule has 6 aromatic rings. The highest BCUT2D eigenvalue weighted by molar-refractivity contribution is 6.99. The normalized spacial score (nSPS) is 11.4. The second-order valence-electron chi connectivity index (χ2n) is 8.69. The van der Waals surface area contributed by atoms with Crippen LogP contribution < -0.4 is 10.9 Å². The Bertz CT molecular complexity index is 1410. The van der Waals surface area contributed by atoms with Gasteiger partial charge in [-0.05, 0) is 24.5 Å². The number of benzene rings is 4. The summed E-state index contributed by atoms with van der Waals surface area (Å²) in [5.74, 6) is 0. The third kappa shape index (κ3) is 3.67. The highest BCUT2D eigenvalue weighted by atomic mass is 15.4. The van der Waals surface area contributed by atoms with E-state index in [1.807, 2.05) is 48.5 Å². The summed E-state index contributed by atoms with van der Waals surface area (Å²) >= 11 is 0. The van der Waals surface area contributed by atoms with E-state index in [2.05, 4.69) is 107 Å². The first kappa shape index (κ1) is 20.9. The molecule has 0 radical (unpaired) electrons. The molecule has 0 bridgehead atoms. The van der Waals surface area contributed by atoms with E-state index in [1.165, 1.54) is 0 Å². The van der Waals surface area contributed by atoms with Crippen LogP contribution in [0.2, 0.25) is 0 Å². The van der Waals surface area contributed by atoms with E-state index in [4.69, 9.17) is 10.2 Å². The van der Waals surface area contributed by atoms with Crippen molar-refractivity contribution in [3.63, 3.8) is 0 Å². The molecule has 2 aromatic heterocycles. The van der Waals surface area contributed by atoms with Crippen LogP contribution in [-0.4, -0.2) is 25.8 Å². The quantitative estimate of drug-likeness (QED) is 0.332. The van der Waals surface area contributed by atoms with Crippen LogP contribution in [0, 0.1) is 0 Å². The van der Waals surface area contributed by atoms with E-state index >= 15 is 0 Å². The van der Waals surface area contributed by atoms with Gasteiger partial charge in [-0.15, -0.1) is 0 Å². The summed E-state index contributed by atoms with van der Waals surface area (Å²) in [5, 5.41) is 10.3. The zero-order chi connectivity index (χ0) is 23.5. The molecule has 0 saturated heterocycles. The van der Waals surface area contributed by atoms with Gasteiger partial charge in [-0.2, -0.15) is 10.9 Å². The van der Waals surface area contributed by atoms with Gasteiger partial charge in [0.25, 0.3) is 6.42 Å². The zero-order valence-electron chi connectivity index (χ0n) is 19.2. The largest absolute Gasteiger partial charge is 0.412 e. The lowest BCUT2D eigenvalue weighted by molar-refractivity contribution is 0.846. The molecule has 35 heavy (non-hydrogen) atoms. The first-order valence-electron chi connectivity index (χ1n) is 11.8. The smallest absolute Gasteiger partial charge is 0.279 e. The molecular weight excluding hydrogens is 427 g/mol. The molecule has 0 atom stereocenters. The molecule has 4 aromatic carbocycles. The zero-order valence-corrected chi connectivity index (χ0v) is 19.2. The Morgan fingerprint density at radius 1 is 0.400 bits per heavy atom. The van der Waals surface area contributed by atoms with Gasteiger partial charge in [-0.25, -0.2) is 10.2 Å². The average molecular weight is 451 g/mol. The van der Waals surface area contributed by atoms with Crippen LogP contribution in [-0.2, 0) is 0 Å². The van der Waals surface area contributed by atoms with Crippen molar-refractivity contribution in [2.75, 3.05) is 0 Å². The van der Waals surface area contributed by atoms with Crippen molar-refractivity contribution in [2.24, 2.45) is 0 Å². The Hall–Kier alpha value is -4.64. The molecule has 0 N–H and O–H groups in total. The molecule has 0 aliphatic carbocycles. The summed E-state index contributed by atoms with van der Waals surface area (Å²) in [4.78, 5) is 0. The van der Waals surface area contributed by atoms with Crippen molar-refractivity contribution in [1.82, 2.24) is 19.4 Å². The lowest BCUT2D eigenvalue weighted by atomic mass is 9.37. The van der Waals surface area contributed by atoms with Gasteiger partial charge in [-0.3, -0.25) is 0 Å². The fourth-order valence-corrected chi connectivity index (χ4v) is 4.99. The van der Waals surface area contributed by atoms with Gasteiger partial charge < -0.3 is 9.19 Å². The maximum atomic E-state index is 5.15. The Balaban J connectivity index is 1.62. The third-order valence-electron chi connectivity index (χ3n) is 6.65. The molecule has 0 spiro atoms. The standard InChI is InChI=1S/C30H24BN4/c1-5-13-25(14-6-1)29-21-23-34(32-29)31(27-17-9-3-10-18-27,28-19-11-4-12-20-28)35-24-22-30(33-35)26-15-7-2-8-16-26/h1-24H/q-1. The summed E-state index contributed by atoms with van der Waals surface area (Å²) in [6, 6.07) is 45.8. The molecule has 0 unspecified atom stereocenters. The minimum absolute atomic E-state index is 0.930. The number of rotatable bonds is 6. The predicted molar refractivity (Wildman–Crippen MR) is 144 cm³/mol. The topological polar surface area (TPSA) is 35.6 Å². The Morgan fingerprint density at radius 2 is 0.743 bits per heavy atom. The molecule has 168 valence electrons. The van der Waals surface area contributed by atoms with Crippen molar-refractivity contribution < 1.29 is 0 Å². The molecule has 0 aliphatic heterocycles. The summed E-state index contributed by atoms with van der Waals surface area (Å²) < 4.78 is 4.18. The fraction of sp³-hybridized carbons (Fsp3) is 0. The van der Waals surface area contributed by atoms with Crippen LogP contribution in [0.25, 0.3) is 22.5 Å². The lowest BCUT2D eigenvalue weighted by Crippen LogP contribution is -2.70. The van der Waals surface area contributed by atoms with Crippen molar-refractivity contribution >= 4 is 17.3 Å². The summed E-state index contributed by atoms with van der Waals surface area (Å²) in [6.07, 6.45) is 2.39. The molecule has 0 fully saturated rings. The van der Waals surface area contributed by atoms with Gasteiger partial charge in [0.2, 0.25) is 0 Å². The Kier molecular flexibility index (Phi) is 5.36. The summed E-state index contributed by atoms with van der Waals surface area (Å²) in [5.41, 5.74) is 6.29. The van der Waals surface area contributed by atoms with Crippen LogP contribution in [0.3, 0.4) is 0 Å². The van der Waals surface area contributed by atoms with Crippen molar-refractivity contribution in [3.05, 3.63) is 146 Å². The van der Waals surface area contributed by atoms with Crippen molar-refractivity contribution in [1.29, 1.82) is 0 Å². The van der Waals surface area contributed by atoms with Crippen molar-refractivity contribution in [2.45, 2.75) is 0 Å². The highest BCUT2D eigenvalue weighted by Gasteiger charge is 2.35. The molecule has 0 aliphatic rings. The predicted octanol–water partition coefficient (Wildman–Crippen LogP) is 5.07. The van der Waals surface area contributed by atoms with Gasteiger partial charge in [0, 0.05) is 11.1 Å². The lowest BCUT2D eigenvalue weighted by Gasteiger charge is -2.43. The van der Waals surface area contributed by atoms with E-state index < -0.39 is 6.42 Å². The molecule has 6 rings (SSSR count). The molecule has 5 heteroatoms. The van der Waals surface area contributed by atoms with Gasteiger partial charge in [0.15, 0.2) is 0 Å². The SMILES string of the molecule is c1ccc(-c2ccn([B-](c3ccccc3)(c3ccccc3)n3ccc(-c4ccccc4)n3)n2)cc1. The fourth-order valence-electron chi connectivity index (χ4n) is 4.99. The molecule has 0 saturated carbocycles. The minimum atomic E-state index is -1.76.